The molecule has 0 radical (unpaired) electrons. The molecule has 0 unspecified atom stereocenters. The van der Waals surface area contributed by atoms with Crippen LogP contribution in [0.15, 0.2) is 56.2 Å². The van der Waals surface area contributed by atoms with Gasteiger partial charge in [0.05, 0.1) is 89.4 Å². The first-order valence-electron chi connectivity index (χ1n) is 35.0. The predicted octanol–water partition coefficient (Wildman–Crippen LogP) is 5.20. The summed E-state index contributed by atoms with van der Waals surface area (Å²) in [5.41, 5.74) is -1.13. The fourth-order valence-electron chi connectivity index (χ4n) is 9.88. The van der Waals surface area contributed by atoms with Gasteiger partial charge in [-0.2, -0.15) is 34.4 Å². The van der Waals surface area contributed by atoms with E-state index in [0.717, 1.165) is 57.8 Å². The molecule has 3 rings (SSSR count). The number of imidazole rings is 3. The van der Waals surface area contributed by atoms with E-state index in [0.29, 0.717) is 90.8 Å². The molecular weight excluding hydrogens is 1420 g/mol. The minimum Gasteiger partial charge on any atom is -0.466 e. The molecule has 0 spiro atoms. The van der Waals surface area contributed by atoms with E-state index in [9.17, 15) is 68.4 Å². The van der Waals surface area contributed by atoms with Gasteiger partial charge in [-0.25, -0.2) is 51.8 Å². The van der Waals surface area contributed by atoms with Crippen LogP contribution in [0.2, 0.25) is 0 Å². The molecule has 0 saturated heterocycles. The molecule has 0 atom stereocenters. The normalized spacial score (nSPS) is 11.7. The number of ether oxygens (including phenoxy) is 8. The number of amides is 4. The monoisotopic (exact) mass is 1530 g/mol. The standard InChI is InChI=1S/C64H104N10O26S3/c1-2-64(50-99-62(82)97-44-21-42-95-60(80)66-28-14-7-3-5-11-23-56(76)73-38-36-70(53-73)32-18-47-102(87,88)89,51-100-63(83)98-45-22-43-96-61(81)67-29-15-8-4-6-12-24-57(77)74-39-37-71(54-74)33-19-48-103(90,91)92)26-25-58(78)93-40-20-41-94-59(79)68-30-16-10-9-13-27-65-55(75)49-72-35-34-69(52-72)31-17-46-101(84,85)86/h34-39,52-54H,2-33,40-51H2,1H3,(H4-3,65,66,67,68,75,79,80,81,84,85,86,87,88,89,90,91,92)/p+3. The van der Waals surface area contributed by atoms with E-state index in [1.165, 1.54) is 9.13 Å². The zero-order valence-electron chi connectivity index (χ0n) is 58.9. The molecule has 0 aromatic carbocycles. The molecule has 0 bridgehead atoms. The fraction of sp³-hybridized carbons (Fsp3) is 0.719. The molecule has 584 valence electrons. The van der Waals surface area contributed by atoms with E-state index in [1.54, 1.807) is 81.4 Å². The van der Waals surface area contributed by atoms with Gasteiger partial charge in [-0.3, -0.25) is 23.2 Å². The van der Waals surface area contributed by atoms with Crippen LogP contribution < -0.4 is 35.0 Å². The second-order valence-electron chi connectivity index (χ2n) is 24.5. The van der Waals surface area contributed by atoms with Crippen LogP contribution in [0.3, 0.4) is 0 Å². The summed E-state index contributed by atoms with van der Waals surface area (Å²) >= 11 is 0. The minimum atomic E-state index is -4.05. The van der Waals surface area contributed by atoms with Crippen LogP contribution in [0.1, 0.15) is 177 Å². The molecule has 103 heavy (non-hydrogen) atoms. The summed E-state index contributed by atoms with van der Waals surface area (Å²) in [5, 5.41) is 10.8. The smallest absolute Gasteiger partial charge is 0.466 e. The lowest BCUT2D eigenvalue weighted by molar-refractivity contribution is -0.696. The maximum absolute atomic E-state index is 13.0. The van der Waals surface area contributed by atoms with Crippen molar-refractivity contribution in [2.45, 2.75) is 194 Å². The largest absolute Gasteiger partial charge is 0.508 e. The van der Waals surface area contributed by atoms with Crippen LogP contribution >= 0.6 is 0 Å². The van der Waals surface area contributed by atoms with E-state index in [4.69, 9.17) is 51.6 Å². The lowest BCUT2D eigenvalue weighted by atomic mass is 9.82. The van der Waals surface area contributed by atoms with E-state index in [-0.39, 0.29) is 152 Å². The molecule has 3 aromatic heterocycles. The second-order valence-corrected chi connectivity index (χ2v) is 29.3. The van der Waals surface area contributed by atoms with Gasteiger partial charge in [0.2, 0.25) is 6.33 Å². The first-order chi connectivity index (χ1) is 49.1. The molecular formula is C64H107N10O26S3+3. The number of rotatable bonds is 57. The Hall–Kier alpha value is -8.01. The van der Waals surface area contributed by atoms with Gasteiger partial charge in [0.25, 0.3) is 48.9 Å². The quantitative estimate of drug-likeness (QED) is 0.0125. The average Bonchev–Trinajstić information content (AvgIpc) is 1.87. The summed E-state index contributed by atoms with van der Waals surface area (Å²) in [6.45, 7) is 3.00. The van der Waals surface area contributed by atoms with Gasteiger partial charge < -0.3 is 59.2 Å². The second kappa shape index (κ2) is 51.2. The molecule has 3 heterocycles. The van der Waals surface area contributed by atoms with E-state index >= 15 is 0 Å². The third-order valence-corrected chi connectivity index (χ3v) is 18.1. The van der Waals surface area contributed by atoms with Crippen LogP contribution in [0.5, 0.6) is 0 Å². The van der Waals surface area contributed by atoms with Crippen LogP contribution in [-0.2, 0) is 104 Å². The van der Waals surface area contributed by atoms with Gasteiger partial charge in [-0.1, -0.05) is 58.3 Å². The first-order valence-corrected chi connectivity index (χ1v) is 39.8. The molecule has 39 heteroatoms. The number of hydrogen-bond acceptors (Lipinski definition) is 23. The lowest BCUT2D eigenvalue weighted by Crippen LogP contribution is -2.41. The van der Waals surface area contributed by atoms with Crippen molar-refractivity contribution in [3.8, 4) is 0 Å². The van der Waals surface area contributed by atoms with Crippen molar-refractivity contribution < 1.29 is 134 Å². The van der Waals surface area contributed by atoms with Crippen molar-refractivity contribution in [3.05, 3.63) is 56.2 Å². The van der Waals surface area contributed by atoms with Crippen molar-refractivity contribution in [1.82, 2.24) is 35.0 Å². The summed E-state index contributed by atoms with van der Waals surface area (Å²) in [6, 6.07) is 0. The number of carbonyl (C=O) groups is 9. The third-order valence-electron chi connectivity index (χ3n) is 15.7. The number of nitrogens with zero attached hydrogens (tertiary/aromatic N) is 6. The van der Waals surface area contributed by atoms with Gasteiger partial charge in [0.15, 0.2) is 6.54 Å². The highest BCUT2D eigenvalue weighted by molar-refractivity contribution is 7.86. The predicted molar refractivity (Wildman–Crippen MR) is 365 cm³/mol. The van der Waals surface area contributed by atoms with Crippen molar-refractivity contribution in [1.29, 1.82) is 0 Å². The van der Waals surface area contributed by atoms with Gasteiger partial charge in [0.1, 0.15) is 50.4 Å². The maximum atomic E-state index is 13.0. The zero-order chi connectivity index (χ0) is 75.6. The molecule has 0 saturated carbocycles. The van der Waals surface area contributed by atoms with E-state index in [1.807, 2.05) is 0 Å². The highest BCUT2D eigenvalue weighted by Gasteiger charge is 2.34. The molecule has 4 amide bonds. The number of hydrogen-bond donors (Lipinski definition) is 7. The lowest BCUT2D eigenvalue weighted by Gasteiger charge is -2.31. The molecule has 0 aliphatic heterocycles. The van der Waals surface area contributed by atoms with E-state index in [2.05, 4.69) is 21.3 Å². The Morgan fingerprint density at radius 3 is 1.21 bits per heavy atom. The number of alkyl carbamates (subject to hydrolysis) is 3. The Balaban J connectivity index is 1.31. The number of aromatic nitrogens is 6. The fourth-order valence-corrected chi connectivity index (χ4v) is 11.4. The summed E-state index contributed by atoms with van der Waals surface area (Å²) < 4.78 is 144. The van der Waals surface area contributed by atoms with Crippen LogP contribution in [0.25, 0.3) is 0 Å². The molecule has 36 nitrogen and oxygen atoms in total. The summed E-state index contributed by atoms with van der Waals surface area (Å²) in [7, 11) is -12.1. The Labute approximate surface area is 602 Å². The Kier molecular flexibility index (Phi) is 44.3. The Morgan fingerprint density at radius 2 is 0.786 bits per heavy atom. The molecule has 3 aromatic rings. The van der Waals surface area contributed by atoms with Crippen molar-refractivity contribution in [3.63, 3.8) is 0 Å². The first kappa shape index (κ1) is 89.2. The number of esters is 1. The van der Waals surface area contributed by atoms with Crippen molar-refractivity contribution >= 4 is 84.6 Å². The van der Waals surface area contributed by atoms with Crippen LogP contribution in [0.4, 0.5) is 24.0 Å². The van der Waals surface area contributed by atoms with Gasteiger partial charge in [0, 0.05) is 76.5 Å². The average molecular weight is 1530 g/mol. The summed E-state index contributed by atoms with van der Waals surface area (Å²) in [5.74, 6) is -2.12. The third kappa shape index (κ3) is 47.1. The molecule has 0 aliphatic carbocycles. The van der Waals surface area contributed by atoms with Gasteiger partial charge in [-0.05, 0) is 51.4 Å². The van der Waals surface area contributed by atoms with Crippen molar-refractivity contribution in [2.24, 2.45) is 5.41 Å². The highest BCUT2D eigenvalue weighted by Crippen LogP contribution is 2.30. The number of aryl methyl sites for hydroxylation is 3. The summed E-state index contributed by atoms with van der Waals surface area (Å²) in [6.07, 6.45) is 22.9. The van der Waals surface area contributed by atoms with Crippen molar-refractivity contribution in [2.75, 3.05) is 96.3 Å². The molecule has 0 aliphatic rings. The number of nitrogens with one attached hydrogen (secondary N) is 4. The zero-order valence-corrected chi connectivity index (χ0v) is 61.4. The van der Waals surface area contributed by atoms with Gasteiger partial charge in [-0.15, -0.1) is 0 Å². The van der Waals surface area contributed by atoms with Crippen LogP contribution in [-0.4, -0.2) is 203 Å². The number of carbonyl (C=O) groups excluding carboxylic acids is 9. The summed E-state index contributed by atoms with van der Waals surface area (Å²) in [4.78, 5) is 113. The Bertz CT molecular complexity index is 3240. The van der Waals surface area contributed by atoms with Crippen LogP contribution in [0, 0.1) is 5.41 Å². The highest BCUT2D eigenvalue weighted by atomic mass is 32.2. The topological polar surface area (TPSA) is 465 Å². The molecule has 7 N–H and O–H groups in total. The molecule has 0 fully saturated rings. The Morgan fingerprint density at radius 1 is 0.408 bits per heavy atom. The maximum Gasteiger partial charge on any atom is 0.508 e. The minimum absolute atomic E-state index is 0.0136. The van der Waals surface area contributed by atoms with E-state index < -0.39 is 72.3 Å². The van der Waals surface area contributed by atoms with Gasteiger partial charge >= 0.3 is 48.4 Å². The SMILES string of the molecule is CCC(CCC(=O)OCCCOC(=O)NCCCCCCNC(=O)C[n+]1ccn(CCCS(=O)(=O)O)c1)(COC(=O)OCCCOC(=O)NCCCCCCCC(=O)n1cc[n+](CCCS(=O)(=O)O)c1)COC(=O)OCCCOC(=O)NCCCCCCCC(=O)n1cc[n+](CCCS(=O)(=O)O)c1. The number of unbranched alkanes of at least 4 members (excludes halogenated alkanes) is 11.